The lowest BCUT2D eigenvalue weighted by atomic mass is 10.3. The van der Waals surface area contributed by atoms with Crippen molar-refractivity contribution in [2.45, 2.75) is 12.5 Å². The summed E-state index contributed by atoms with van der Waals surface area (Å²) in [6.45, 7) is 1.23. The summed E-state index contributed by atoms with van der Waals surface area (Å²) in [5.74, 6) is 1.81. The van der Waals surface area contributed by atoms with Crippen LogP contribution < -0.4 is 9.64 Å². The minimum Gasteiger partial charge on any atom is -0.485 e. The Hall–Kier alpha value is -2.50. The molecule has 1 unspecified atom stereocenters. The first-order valence-electron chi connectivity index (χ1n) is 7.27. The number of rotatable bonds is 4. The van der Waals surface area contributed by atoms with Gasteiger partial charge in [0.2, 0.25) is 0 Å². The Morgan fingerprint density at radius 1 is 1.41 bits per heavy atom. The molecule has 6 nitrogen and oxygen atoms in total. The van der Waals surface area contributed by atoms with Gasteiger partial charge in [0.1, 0.15) is 6.10 Å². The highest BCUT2D eigenvalue weighted by atomic mass is 16.5. The van der Waals surface area contributed by atoms with Crippen LogP contribution in [-0.2, 0) is 0 Å². The minimum atomic E-state index is -0.0879. The Labute approximate surface area is 129 Å². The van der Waals surface area contributed by atoms with Gasteiger partial charge in [0.15, 0.2) is 17.3 Å². The third-order valence-corrected chi connectivity index (χ3v) is 3.63. The number of furan rings is 1. The van der Waals surface area contributed by atoms with Gasteiger partial charge in [-0.05, 0) is 24.3 Å². The molecule has 1 aliphatic rings. The number of carbonyl (C=O) groups excluding carboxylic acids is 1. The molecule has 3 heterocycles. The van der Waals surface area contributed by atoms with E-state index in [9.17, 15) is 4.79 Å². The second kappa shape index (κ2) is 6.09. The van der Waals surface area contributed by atoms with E-state index in [1.165, 1.54) is 6.26 Å². The van der Waals surface area contributed by atoms with Crippen molar-refractivity contribution in [1.29, 1.82) is 0 Å². The number of amides is 1. The second-order valence-electron chi connectivity index (χ2n) is 5.48. The molecule has 3 rings (SSSR count). The number of nitrogens with zero attached hydrogens (tertiary/aromatic N) is 3. The number of pyridine rings is 1. The zero-order valence-electron chi connectivity index (χ0n) is 12.7. The maximum Gasteiger partial charge on any atom is 0.289 e. The number of carbonyl (C=O) groups is 1. The molecule has 0 aliphatic carbocycles. The summed E-state index contributed by atoms with van der Waals surface area (Å²) in [7, 11) is 3.85. The van der Waals surface area contributed by atoms with Crippen molar-refractivity contribution in [2.24, 2.45) is 0 Å². The fraction of sp³-hybridized carbons (Fsp3) is 0.375. The van der Waals surface area contributed by atoms with Crippen molar-refractivity contribution in [3.05, 3.63) is 42.5 Å². The van der Waals surface area contributed by atoms with E-state index in [1.807, 2.05) is 31.1 Å². The fourth-order valence-corrected chi connectivity index (χ4v) is 2.55. The molecule has 0 aromatic carbocycles. The van der Waals surface area contributed by atoms with E-state index in [-0.39, 0.29) is 12.0 Å². The number of hydrogen-bond acceptors (Lipinski definition) is 5. The van der Waals surface area contributed by atoms with E-state index in [0.717, 1.165) is 18.0 Å². The molecule has 1 atom stereocenters. The lowest BCUT2D eigenvalue weighted by Crippen LogP contribution is -2.30. The molecule has 0 saturated carbocycles. The van der Waals surface area contributed by atoms with Crippen LogP contribution in [0, 0.1) is 0 Å². The van der Waals surface area contributed by atoms with Crippen LogP contribution in [0.2, 0.25) is 0 Å². The van der Waals surface area contributed by atoms with Gasteiger partial charge < -0.3 is 19.0 Å². The van der Waals surface area contributed by atoms with Crippen molar-refractivity contribution >= 4 is 11.7 Å². The summed E-state index contributed by atoms with van der Waals surface area (Å²) < 4.78 is 11.2. The van der Waals surface area contributed by atoms with Crippen LogP contribution >= 0.6 is 0 Å². The van der Waals surface area contributed by atoms with E-state index in [2.05, 4.69) is 4.98 Å². The highest BCUT2D eigenvalue weighted by Gasteiger charge is 2.30. The van der Waals surface area contributed by atoms with Gasteiger partial charge in [-0.1, -0.05) is 0 Å². The molecule has 22 heavy (non-hydrogen) atoms. The van der Waals surface area contributed by atoms with Gasteiger partial charge in [0.25, 0.3) is 5.91 Å². The van der Waals surface area contributed by atoms with Gasteiger partial charge in [0.05, 0.1) is 12.8 Å². The summed E-state index contributed by atoms with van der Waals surface area (Å²) in [6.07, 6.45) is 4.02. The summed E-state index contributed by atoms with van der Waals surface area (Å²) >= 11 is 0. The molecule has 116 valence electrons. The Morgan fingerprint density at radius 2 is 2.27 bits per heavy atom. The molecule has 2 aromatic heterocycles. The predicted molar refractivity (Wildman–Crippen MR) is 82.2 cm³/mol. The monoisotopic (exact) mass is 301 g/mol. The van der Waals surface area contributed by atoms with E-state index in [4.69, 9.17) is 9.15 Å². The average molecular weight is 301 g/mol. The van der Waals surface area contributed by atoms with Crippen LogP contribution in [0.3, 0.4) is 0 Å². The molecule has 1 aliphatic heterocycles. The first kappa shape index (κ1) is 14.4. The molecule has 0 radical (unpaired) electrons. The number of anilines is 1. The summed E-state index contributed by atoms with van der Waals surface area (Å²) in [6, 6.07) is 7.15. The molecule has 6 heteroatoms. The number of likely N-dealkylation sites (tertiary alicyclic amines) is 1. The first-order valence-corrected chi connectivity index (χ1v) is 7.27. The Kier molecular flexibility index (Phi) is 4.00. The van der Waals surface area contributed by atoms with Crippen LogP contribution in [-0.4, -0.2) is 49.1 Å². The molecule has 0 spiro atoms. The third-order valence-electron chi connectivity index (χ3n) is 3.63. The first-order chi connectivity index (χ1) is 10.6. The van der Waals surface area contributed by atoms with Crippen LogP contribution in [0.25, 0.3) is 0 Å². The molecule has 2 aromatic rings. The molecule has 1 fully saturated rings. The summed E-state index contributed by atoms with van der Waals surface area (Å²) in [5.41, 5.74) is 0. The van der Waals surface area contributed by atoms with Crippen molar-refractivity contribution < 1.29 is 13.9 Å². The maximum absolute atomic E-state index is 12.2. The standard InChI is InChI=1S/C16H19N3O3/c1-18(2)15-13(5-3-8-17-15)22-12-7-9-19(11-12)16(20)14-6-4-10-21-14/h3-6,8,10,12H,7,9,11H2,1-2H3. The quantitative estimate of drug-likeness (QED) is 0.865. The van der Waals surface area contributed by atoms with E-state index in [1.54, 1.807) is 23.2 Å². The maximum atomic E-state index is 12.2. The van der Waals surface area contributed by atoms with E-state index in [0.29, 0.717) is 18.8 Å². The zero-order chi connectivity index (χ0) is 15.5. The number of ether oxygens (including phenoxy) is 1. The zero-order valence-corrected chi connectivity index (χ0v) is 12.7. The lowest BCUT2D eigenvalue weighted by molar-refractivity contribution is 0.0741. The Bertz CT molecular complexity index is 640. The Balaban J connectivity index is 1.65. The SMILES string of the molecule is CN(C)c1ncccc1OC1CCN(C(=O)c2ccco2)C1. The van der Waals surface area contributed by atoms with Gasteiger partial charge in [-0.2, -0.15) is 0 Å². The van der Waals surface area contributed by atoms with Gasteiger partial charge in [0, 0.05) is 33.3 Å². The highest BCUT2D eigenvalue weighted by molar-refractivity contribution is 5.91. The molecule has 0 N–H and O–H groups in total. The van der Waals surface area contributed by atoms with Crippen molar-refractivity contribution in [1.82, 2.24) is 9.88 Å². The average Bonchev–Trinajstić information content (AvgIpc) is 3.18. The Morgan fingerprint density at radius 3 is 3.00 bits per heavy atom. The fourth-order valence-electron chi connectivity index (χ4n) is 2.55. The van der Waals surface area contributed by atoms with Gasteiger partial charge in [-0.25, -0.2) is 4.98 Å². The number of aromatic nitrogens is 1. The predicted octanol–water partition coefficient (Wildman–Crippen LogP) is 2.03. The van der Waals surface area contributed by atoms with Gasteiger partial charge >= 0.3 is 0 Å². The van der Waals surface area contributed by atoms with Gasteiger partial charge in [-0.15, -0.1) is 0 Å². The molecule has 1 amide bonds. The smallest absolute Gasteiger partial charge is 0.289 e. The highest BCUT2D eigenvalue weighted by Crippen LogP contribution is 2.27. The van der Waals surface area contributed by atoms with E-state index < -0.39 is 0 Å². The second-order valence-corrected chi connectivity index (χ2v) is 5.48. The van der Waals surface area contributed by atoms with Crippen LogP contribution in [0.15, 0.2) is 41.1 Å². The third kappa shape index (κ3) is 2.90. The minimum absolute atomic E-state index is 0.0261. The van der Waals surface area contributed by atoms with Crippen LogP contribution in [0.5, 0.6) is 5.75 Å². The topological polar surface area (TPSA) is 58.8 Å². The number of hydrogen-bond donors (Lipinski definition) is 0. The van der Waals surface area contributed by atoms with Crippen molar-refractivity contribution in [3.8, 4) is 5.75 Å². The van der Waals surface area contributed by atoms with Gasteiger partial charge in [-0.3, -0.25) is 4.79 Å². The summed E-state index contributed by atoms with van der Waals surface area (Å²) in [5, 5.41) is 0. The van der Waals surface area contributed by atoms with Crippen LogP contribution in [0.4, 0.5) is 5.82 Å². The normalized spacial score (nSPS) is 17.5. The van der Waals surface area contributed by atoms with Crippen molar-refractivity contribution in [3.63, 3.8) is 0 Å². The lowest BCUT2D eigenvalue weighted by Gasteiger charge is -2.20. The molecular weight excluding hydrogens is 282 g/mol. The van der Waals surface area contributed by atoms with Crippen molar-refractivity contribution in [2.75, 3.05) is 32.1 Å². The van der Waals surface area contributed by atoms with E-state index >= 15 is 0 Å². The molecule has 1 saturated heterocycles. The largest absolute Gasteiger partial charge is 0.485 e. The summed E-state index contributed by atoms with van der Waals surface area (Å²) in [4.78, 5) is 20.2. The molecule has 0 bridgehead atoms. The molecular formula is C16H19N3O3. The van der Waals surface area contributed by atoms with Crippen LogP contribution in [0.1, 0.15) is 17.0 Å².